The Kier molecular flexibility index (Phi) is 8.75. The number of hydrogen-bond acceptors (Lipinski definition) is 2. The van der Waals surface area contributed by atoms with Crippen molar-refractivity contribution in [3.05, 3.63) is 36.5 Å². The first-order valence-electron chi connectivity index (χ1n) is 6.49. The minimum absolute atomic E-state index is 0.938. The number of aromatic nitrogens is 1. The van der Waals surface area contributed by atoms with Crippen LogP contribution in [-0.4, -0.2) is 11.5 Å². The predicted octanol–water partition coefficient (Wildman–Crippen LogP) is 4.72. The molecule has 1 heterocycles. The molecule has 2 aromatic rings. The van der Waals surface area contributed by atoms with Crippen LogP contribution in [0.1, 0.15) is 34.6 Å². The average Bonchev–Trinajstić information content (AvgIpc) is 2.44. The Morgan fingerprint density at radius 3 is 2.29 bits per heavy atom. The van der Waals surface area contributed by atoms with Crippen LogP contribution in [0.5, 0.6) is 0 Å². The number of rotatable bonds is 2. The molecular weight excluding hydrogens is 208 g/mol. The number of hydrogen-bond donors (Lipinski definition) is 1. The number of pyridine rings is 1. The van der Waals surface area contributed by atoms with Crippen molar-refractivity contribution in [2.24, 2.45) is 0 Å². The summed E-state index contributed by atoms with van der Waals surface area (Å²) in [6, 6.07) is 10.2. The Bertz CT molecular complexity index is 405. The third kappa shape index (κ3) is 4.43. The van der Waals surface area contributed by atoms with Crippen molar-refractivity contribution in [3.8, 4) is 0 Å². The molecule has 0 bridgehead atoms. The molecule has 0 aliphatic rings. The summed E-state index contributed by atoms with van der Waals surface area (Å²) in [6.45, 7) is 11.0. The third-order valence-corrected chi connectivity index (χ3v) is 2.02. The van der Waals surface area contributed by atoms with Crippen LogP contribution in [-0.2, 0) is 0 Å². The van der Waals surface area contributed by atoms with Crippen molar-refractivity contribution in [1.82, 2.24) is 4.98 Å². The molecule has 1 aromatic heterocycles. The number of benzene rings is 1. The molecule has 0 aliphatic heterocycles. The molecule has 0 unspecified atom stereocenters. The maximum atomic E-state index is 4.28. The SMILES string of the molecule is CC.CC.CCNc1ccnc2ccccc12. The highest BCUT2D eigenvalue weighted by molar-refractivity contribution is 5.90. The van der Waals surface area contributed by atoms with Crippen molar-refractivity contribution < 1.29 is 0 Å². The van der Waals surface area contributed by atoms with Gasteiger partial charge in [-0.05, 0) is 19.1 Å². The van der Waals surface area contributed by atoms with Crippen LogP contribution in [0.15, 0.2) is 36.5 Å². The second kappa shape index (κ2) is 9.64. The molecule has 0 atom stereocenters. The first-order valence-corrected chi connectivity index (χ1v) is 6.49. The Morgan fingerprint density at radius 1 is 1.00 bits per heavy atom. The number of anilines is 1. The summed E-state index contributed by atoms with van der Waals surface area (Å²) in [5.41, 5.74) is 2.20. The van der Waals surface area contributed by atoms with Crippen molar-refractivity contribution in [3.63, 3.8) is 0 Å². The first-order chi connectivity index (χ1) is 8.42. The number of nitrogens with zero attached hydrogens (tertiary/aromatic N) is 1. The molecule has 17 heavy (non-hydrogen) atoms. The lowest BCUT2D eigenvalue weighted by Crippen LogP contribution is -1.97. The zero-order chi connectivity index (χ0) is 13.1. The van der Waals surface area contributed by atoms with Crippen LogP contribution < -0.4 is 5.32 Å². The Balaban J connectivity index is 0.000000581. The van der Waals surface area contributed by atoms with Crippen LogP contribution >= 0.6 is 0 Å². The van der Waals surface area contributed by atoms with Gasteiger partial charge in [0.2, 0.25) is 0 Å². The van der Waals surface area contributed by atoms with E-state index in [9.17, 15) is 0 Å². The highest BCUT2D eigenvalue weighted by Crippen LogP contribution is 2.20. The molecule has 1 N–H and O–H groups in total. The second-order valence-corrected chi connectivity index (χ2v) is 2.91. The molecule has 94 valence electrons. The maximum absolute atomic E-state index is 4.28. The minimum atomic E-state index is 0.938. The highest BCUT2D eigenvalue weighted by Gasteiger charge is 1.97. The second-order valence-electron chi connectivity index (χ2n) is 2.91. The average molecular weight is 232 g/mol. The van der Waals surface area contributed by atoms with E-state index in [0.717, 1.165) is 17.7 Å². The molecule has 0 saturated carbocycles. The van der Waals surface area contributed by atoms with Crippen molar-refractivity contribution >= 4 is 16.6 Å². The van der Waals surface area contributed by atoms with Gasteiger partial charge in [-0.3, -0.25) is 4.98 Å². The number of nitrogens with one attached hydrogen (secondary N) is 1. The molecule has 2 heteroatoms. The molecule has 2 nitrogen and oxygen atoms in total. The van der Waals surface area contributed by atoms with Gasteiger partial charge in [0.15, 0.2) is 0 Å². The van der Waals surface area contributed by atoms with Gasteiger partial charge in [-0.15, -0.1) is 0 Å². The molecule has 0 radical (unpaired) electrons. The number of fused-ring (bicyclic) bond motifs is 1. The first kappa shape index (κ1) is 15.4. The van der Waals surface area contributed by atoms with E-state index in [4.69, 9.17) is 0 Å². The van der Waals surface area contributed by atoms with Gasteiger partial charge in [-0.2, -0.15) is 0 Å². The molecule has 0 aliphatic carbocycles. The normalized spacial score (nSPS) is 8.53. The van der Waals surface area contributed by atoms with E-state index < -0.39 is 0 Å². The van der Waals surface area contributed by atoms with Gasteiger partial charge in [0.05, 0.1) is 5.52 Å². The Labute approximate surface area is 105 Å². The van der Waals surface area contributed by atoms with Crippen LogP contribution in [0.25, 0.3) is 10.9 Å². The molecule has 0 amide bonds. The van der Waals surface area contributed by atoms with E-state index in [1.165, 1.54) is 5.39 Å². The van der Waals surface area contributed by atoms with Crippen molar-refractivity contribution in [2.75, 3.05) is 11.9 Å². The van der Waals surface area contributed by atoms with Gasteiger partial charge >= 0.3 is 0 Å². The fourth-order valence-corrected chi connectivity index (χ4v) is 1.44. The van der Waals surface area contributed by atoms with Gasteiger partial charge in [-0.1, -0.05) is 45.9 Å². The number of para-hydroxylation sites is 1. The smallest absolute Gasteiger partial charge is 0.0722 e. The van der Waals surface area contributed by atoms with E-state index in [1.807, 2.05) is 58.2 Å². The quantitative estimate of drug-likeness (QED) is 0.810. The van der Waals surface area contributed by atoms with Crippen LogP contribution in [0.4, 0.5) is 5.69 Å². The van der Waals surface area contributed by atoms with Gasteiger partial charge in [0.1, 0.15) is 0 Å². The van der Waals surface area contributed by atoms with Crippen molar-refractivity contribution in [1.29, 1.82) is 0 Å². The van der Waals surface area contributed by atoms with E-state index in [1.54, 1.807) is 0 Å². The van der Waals surface area contributed by atoms with Gasteiger partial charge in [0, 0.05) is 23.8 Å². The molecule has 1 aromatic carbocycles. The fourth-order valence-electron chi connectivity index (χ4n) is 1.44. The summed E-state index contributed by atoms with van der Waals surface area (Å²) in [5.74, 6) is 0. The standard InChI is InChI=1S/C11H12N2.2C2H6/c1-2-12-11-7-8-13-10-6-4-3-5-9(10)11;2*1-2/h3-8H,2H2,1H3,(H,12,13);2*1-2H3. The van der Waals surface area contributed by atoms with Crippen LogP contribution in [0.2, 0.25) is 0 Å². The zero-order valence-corrected chi connectivity index (χ0v) is 11.6. The summed E-state index contributed by atoms with van der Waals surface area (Å²) < 4.78 is 0. The van der Waals surface area contributed by atoms with E-state index in [2.05, 4.69) is 23.3 Å². The topological polar surface area (TPSA) is 24.9 Å². The summed E-state index contributed by atoms with van der Waals surface area (Å²) in [5, 5.41) is 4.50. The Hall–Kier alpha value is -1.57. The van der Waals surface area contributed by atoms with Crippen LogP contribution in [0, 0.1) is 0 Å². The monoisotopic (exact) mass is 232 g/mol. The summed E-state index contributed by atoms with van der Waals surface area (Å²) >= 11 is 0. The Morgan fingerprint density at radius 2 is 1.65 bits per heavy atom. The minimum Gasteiger partial charge on any atom is -0.385 e. The van der Waals surface area contributed by atoms with E-state index in [0.29, 0.717) is 0 Å². The molecule has 0 spiro atoms. The fraction of sp³-hybridized carbons (Fsp3) is 0.400. The van der Waals surface area contributed by atoms with E-state index >= 15 is 0 Å². The summed E-state index contributed by atoms with van der Waals surface area (Å²) in [6.07, 6.45) is 1.83. The van der Waals surface area contributed by atoms with Crippen molar-refractivity contribution in [2.45, 2.75) is 34.6 Å². The third-order valence-electron chi connectivity index (χ3n) is 2.02. The van der Waals surface area contributed by atoms with Gasteiger partial charge in [0.25, 0.3) is 0 Å². The predicted molar refractivity (Wildman–Crippen MR) is 78.6 cm³/mol. The lowest BCUT2D eigenvalue weighted by atomic mass is 10.2. The molecule has 2 rings (SSSR count). The molecular formula is C15H24N2. The molecule has 0 fully saturated rings. The lowest BCUT2D eigenvalue weighted by molar-refractivity contribution is 1.21. The van der Waals surface area contributed by atoms with E-state index in [-0.39, 0.29) is 0 Å². The molecule has 0 saturated heterocycles. The lowest BCUT2D eigenvalue weighted by Gasteiger charge is -2.05. The highest BCUT2D eigenvalue weighted by atomic mass is 14.9. The van der Waals surface area contributed by atoms with Crippen LogP contribution in [0.3, 0.4) is 0 Å². The maximum Gasteiger partial charge on any atom is 0.0722 e. The summed E-state index contributed by atoms with van der Waals surface area (Å²) in [7, 11) is 0. The van der Waals surface area contributed by atoms with Gasteiger partial charge < -0.3 is 5.32 Å². The van der Waals surface area contributed by atoms with Gasteiger partial charge in [-0.25, -0.2) is 0 Å². The summed E-state index contributed by atoms with van der Waals surface area (Å²) in [4.78, 5) is 4.28. The zero-order valence-electron chi connectivity index (χ0n) is 11.6. The largest absolute Gasteiger partial charge is 0.385 e.